The van der Waals surface area contributed by atoms with Crippen LogP contribution < -0.4 is 0 Å². The van der Waals surface area contributed by atoms with Gasteiger partial charge in [-0.25, -0.2) is 9.59 Å². The van der Waals surface area contributed by atoms with Crippen molar-refractivity contribution in [2.45, 2.75) is 6.92 Å². The fourth-order valence-corrected chi connectivity index (χ4v) is 0.338. The average molecular weight is 206 g/mol. The summed E-state index contributed by atoms with van der Waals surface area (Å²) in [6.45, 7) is 4.54. The van der Waals surface area contributed by atoms with Crippen LogP contribution in [0.25, 0.3) is 0 Å². The van der Waals surface area contributed by atoms with Crippen LogP contribution in [0.3, 0.4) is 0 Å². The van der Waals surface area contributed by atoms with Crippen LogP contribution in [0, 0.1) is 0 Å². The van der Waals surface area contributed by atoms with E-state index in [1.54, 1.807) is 0 Å². The van der Waals surface area contributed by atoms with Crippen molar-refractivity contribution in [1.29, 1.82) is 0 Å². The molecule has 0 bridgehead atoms. The normalized spacial score (nSPS) is 8.17. The predicted octanol–water partition coefficient (Wildman–Crippen LogP) is 0.276. The first kappa shape index (κ1) is 14.1. The maximum absolute atomic E-state index is 10.6. The summed E-state index contributed by atoms with van der Waals surface area (Å²) in [7, 11) is 1.34. The van der Waals surface area contributed by atoms with Crippen molar-refractivity contribution in [1.82, 2.24) is 0 Å². The van der Waals surface area contributed by atoms with Crippen LogP contribution in [0.5, 0.6) is 0 Å². The van der Waals surface area contributed by atoms with E-state index < -0.39 is 11.9 Å². The zero-order chi connectivity index (χ0) is 8.85. The Labute approximate surface area is 85.8 Å². The molecule has 0 fully saturated rings. The first-order chi connectivity index (χ1) is 5.07. The molecule has 0 rings (SSSR count). The van der Waals surface area contributed by atoms with Crippen LogP contribution in [0.1, 0.15) is 6.92 Å². The third kappa shape index (κ3) is 6.28. The Kier molecular flexibility index (Phi) is 8.48. The van der Waals surface area contributed by atoms with Crippen LogP contribution >= 0.6 is 0 Å². The van der Waals surface area contributed by atoms with E-state index in [1.807, 2.05) is 0 Å². The van der Waals surface area contributed by atoms with Gasteiger partial charge >= 0.3 is 11.9 Å². The molecule has 0 aromatic heterocycles. The van der Waals surface area contributed by atoms with Crippen LogP contribution in [-0.4, -0.2) is 25.7 Å². The second-order valence-electron chi connectivity index (χ2n) is 1.97. The van der Waals surface area contributed by atoms with Crippen LogP contribution in [0.2, 0.25) is 0 Å². The maximum atomic E-state index is 10.6. The first-order valence-electron chi connectivity index (χ1n) is 2.97. The molecule has 0 atom stereocenters. The zero-order valence-corrected chi connectivity index (χ0v) is 8.61. The molecule has 0 unspecified atom stereocenters. The summed E-state index contributed by atoms with van der Waals surface area (Å²) in [5, 5.41) is 0. The molecule has 0 heterocycles. The van der Waals surface area contributed by atoms with E-state index in [0.717, 1.165) is 0 Å². The molecule has 0 N–H and O–H groups in total. The van der Waals surface area contributed by atoms with E-state index in [-0.39, 0.29) is 33.9 Å². The van der Waals surface area contributed by atoms with Gasteiger partial charge in [-0.15, -0.1) is 0 Å². The van der Waals surface area contributed by atoms with Crippen LogP contribution in [0.15, 0.2) is 12.2 Å². The van der Waals surface area contributed by atoms with Crippen molar-refractivity contribution in [3.8, 4) is 0 Å². The molecular formula is C7H10O4Ti. The molecule has 0 aromatic carbocycles. The summed E-state index contributed by atoms with van der Waals surface area (Å²) in [6, 6.07) is 0. The molecule has 66 valence electrons. The number of hydrogen-bond acceptors (Lipinski definition) is 4. The Morgan fingerprint density at radius 2 is 1.92 bits per heavy atom. The summed E-state index contributed by atoms with van der Waals surface area (Å²) in [6.07, 6.45) is 0. The van der Waals surface area contributed by atoms with E-state index >= 15 is 0 Å². The smallest absolute Gasteiger partial charge is 0.340 e. The first-order valence-corrected chi connectivity index (χ1v) is 2.97. The van der Waals surface area contributed by atoms with E-state index in [0.29, 0.717) is 0 Å². The summed E-state index contributed by atoms with van der Waals surface area (Å²) in [5.41, 5.74) is 0.189. The Hall–Kier alpha value is -0.446. The number of esters is 2. The SMILES string of the molecule is C=C(C)C(=O)OC(=O)COC.[Ti]. The number of ether oxygens (including phenoxy) is 2. The number of methoxy groups -OCH3 is 1. The quantitative estimate of drug-likeness (QED) is 0.288. The van der Waals surface area contributed by atoms with Crippen LogP contribution in [-0.2, 0) is 40.8 Å². The monoisotopic (exact) mass is 206 g/mol. The summed E-state index contributed by atoms with van der Waals surface area (Å²) >= 11 is 0. The number of carbonyl (C=O) groups excluding carboxylic acids is 2. The molecule has 0 amide bonds. The van der Waals surface area contributed by atoms with Gasteiger partial charge in [0.15, 0.2) is 0 Å². The summed E-state index contributed by atoms with van der Waals surface area (Å²) < 4.78 is 8.68. The van der Waals surface area contributed by atoms with Crippen molar-refractivity contribution < 1.29 is 40.8 Å². The topological polar surface area (TPSA) is 52.6 Å². The number of rotatable bonds is 3. The van der Waals surface area contributed by atoms with Gasteiger partial charge in [-0.05, 0) is 6.92 Å². The molecule has 0 aliphatic carbocycles. The molecule has 5 heteroatoms. The second kappa shape index (κ2) is 7.22. The van der Waals surface area contributed by atoms with Crippen LogP contribution in [0.4, 0.5) is 0 Å². The average Bonchev–Trinajstić information content (AvgIpc) is 1.87. The van der Waals surface area contributed by atoms with Gasteiger partial charge in [0.2, 0.25) is 0 Å². The molecule has 0 aromatic rings. The van der Waals surface area contributed by atoms with Crippen molar-refractivity contribution in [3.63, 3.8) is 0 Å². The van der Waals surface area contributed by atoms with Crippen molar-refractivity contribution >= 4 is 11.9 Å². The molecule has 12 heavy (non-hydrogen) atoms. The molecule has 0 aliphatic heterocycles. The van der Waals surface area contributed by atoms with Gasteiger partial charge in [0.1, 0.15) is 6.61 Å². The van der Waals surface area contributed by atoms with Gasteiger partial charge in [-0.1, -0.05) is 6.58 Å². The van der Waals surface area contributed by atoms with Crippen molar-refractivity contribution in [2.75, 3.05) is 13.7 Å². The molecule has 0 spiro atoms. The van der Waals surface area contributed by atoms with E-state index in [1.165, 1.54) is 14.0 Å². The predicted molar refractivity (Wildman–Crippen MR) is 37.8 cm³/mol. The summed E-state index contributed by atoms with van der Waals surface area (Å²) in [4.78, 5) is 21.2. The Bertz CT molecular complexity index is 188. The third-order valence-corrected chi connectivity index (χ3v) is 0.817. The largest absolute Gasteiger partial charge is 0.388 e. The van der Waals surface area contributed by atoms with Gasteiger partial charge in [0.05, 0.1) is 0 Å². The molecule has 0 saturated heterocycles. The minimum atomic E-state index is -0.716. The molecule has 4 nitrogen and oxygen atoms in total. The maximum Gasteiger partial charge on any atom is 0.340 e. The van der Waals surface area contributed by atoms with Crippen molar-refractivity contribution in [2.24, 2.45) is 0 Å². The number of hydrogen-bond donors (Lipinski definition) is 0. The Balaban J connectivity index is 0. The van der Waals surface area contributed by atoms with Gasteiger partial charge in [-0.3, -0.25) is 0 Å². The fraction of sp³-hybridized carbons (Fsp3) is 0.429. The van der Waals surface area contributed by atoms with Gasteiger partial charge in [0, 0.05) is 34.4 Å². The van der Waals surface area contributed by atoms with E-state index in [2.05, 4.69) is 16.1 Å². The van der Waals surface area contributed by atoms with Gasteiger partial charge in [0.25, 0.3) is 0 Å². The Morgan fingerprint density at radius 1 is 1.42 bits per heavy atom. The molecule has 0 aliphatic rings. The molecule has 0 radical (unpaired) electrons. The van der Waals surface area contributed by atoms with E-state index in [9.17, 15) is 9.59 Å². The Morgan fingerprint density at radius 3 is 2.25 bits per heavy atom. The van der Waals surface area contributed by atoms with Gasteiger partial charge in [-0.2, -0.15) is 0 Å². The fourth-order valence-electron chi connectivity index (χ4n) is 0.338. The van der Waals surface area contributed by atoms with Gasteiger partial charge < -0.3 is 9.47 Å². The minimum absolute atomic E-state index is 0. The van der Waals surface area contributed by atoms with Crippen molar-refractivity contribution in [3.05, 3.63) is 12.2 Å². The third-order valence-electron chi connectivity index (χ3n) is 0.817. The standard InChI is InChI=1S/C7H10O4.Ti/c1-5(2)7(9)11-6(8)4-10-3;/h1,4H2,2-3H3;. The molecule has 0 saturated carbocycles. The summed E-state index contributed by atoms with van der Waals surface area (Å²) in [5.74, 6) is -1.42. The van der Waals surface area contributed by atoms with E-state index in [4.69, 9.17) is 0 Å². The second-order valence-corrected chi connectivity index (χ2v) is 1.97. The zero-order valence-electron chi connectivity index (χ0n) is 7.05. The minimum Gasteiger partial charge on any atom is -0.388 e. The molecular weight excluding hydrogens is 196 g/mol. The number of carbonyl (C=O) groups is 2.